The first-order chi connectivity index (χ1) is 13.6. The summed E-state index contributed by atoms with van der Waals surface area (Å²) in [5.41, 5.74) is 2.55. The van der Waals surface area contributed by atoms with Gasteiger partial charge in [-0.2, -0.15) is 0 Å². The maximum atomic E-state index is 13.0. The molecule has 1 aliphatic rings. The predicted molar refractivity (Wildman–Crippen MR) is 106 cm³/mol. The van der Waals surface area contributed by atoms with Gasteiger partial charge in [0.15, 0.2) is 0 Å². The number of aromatic amines is 1. The van der Waals surface area contributed by atoms with Gasteiger partial charge in [-0.3, -0.25) is 9.59 Å². The second-order valence-electron chi connectivity index (χ2n) is 7.21. The van der Waals surface area contributed by atoms with Crippen molar-refractivity contribution in [1.29, 1.82) is 0 Å². The van der Waals surface area contributed by atoms with Gasteiger partial charge in [-0.1, -0.05) is 18.2 Å². The molecular weight excluding hydrogens is 357 g/mol. The number of rotatable bonds is 4. The number of anilines is 1. The van der Waals surface area contributed by atoms with Crippen molar-refractivity contribution in [3.05, 3.63) is 66.1 Å². The number of hydrogen-bond donors (Lipinski definition) is 2. The Morgan fingerprint density at radius 2 is 1.93 bits per heavy atom. The first-order valence-corrected chi connectivity index (χ1v) is 9.49. The lowest BCUT2D eigenvalue weighted by Crippen LogP contribution is -2.44. The highest BCUT2D eigenvalue weighted by molar-refractivity contribution is 5.93. The van der Waals surface area contributed by atoms with Crippen LogP contribution in [0.25, 0.3) is 10.9 Å². The highest BCUT2D eigenvalue weighted by Gasteiger charge is 2.28. The number of benzene rings is 2. The van der Waals surface area contributed by atoms with E-state index in [2.05, 4.69) is 10.3 Å². The summed E-state index contributed by atoms with van der Waals surface area (Å²) in [5.74, 6) is -0.698. The molecule has 1 atom stereocenters. The molecule has 1 fully saturated rings. The van der Waals surface area contributed by atoms with Gasteiger partial charge in [-0.25, -0.2) is 4.39 Å². The fourth-order valence-corrected chi connectivity index (χ4v) is 3.75. The molecule has 0 saturated carbocycles. The Labute approximate surface area is 162 Å². The first-order valence-electron chi connectivity index (χ1n) is 9.49. The number of fused-ring (bicyclic) bond motifs is 1. The minimum atomic E-state index is -0.343. The number of H-pyrrole nitrogens is 1. The molecule has 0 spiro atoms. The van der Waals surface area contributed by atoms with Gasteiger partial charge in [0, 0.05) is 35.9 Å². The molecule has 1 aromatic heterocycles. The van der Waals surface area contributed by atoms with Crippen LogP contribution in [0.5, 0.6) is 0 Å². The molecule has 2 heterocycles. The number of nitrogens with one attached hydrogen (secondary N) is 2. The zero-order valence-corrected chi connectivity index (χ0v) is 15.5. The number of carbonyl (C=O) groups is 2. The molecule has 4 rings (SSSR count). The molecule has 0 bridgehead atoms. The summed E-state index contributed by atoms with van der Waals surface area (Å²) < 4.78 is 13.0. The Bertz CT molecular complexity index is 996. The summed E-state index contributed by atoms with van der Waals surface area (Å²) >= 11 is 0. The third-order valence-corrected chi connectivity index (χ3v) is 5.27. The molecule has 2 amide bonds. The van der Waals surface area contributed by atoms with E-state index in [1.165, 1.54) is 24.3 Å². The van der Waals surface area contributed by atoms with Crippen LogP contribution in [0.3, 0.4) is 0 Å². The number of piperidine rings is 1. The number of para-hydroxylation sites is 1. The largest absolute Gasteiger partial charge is 0.361 e. The van der Waals surface area contributed by atoms with Crippen LogP contribution in [0.2, 0.25) is 0 Å². The Hall–Kier alpha value is -3.15. The van der Waals surface area contributed by atoms with E-state index in [4.69, 9.17) is 0 Å². The molecule has 2 aromatic carbocycles. The average Bonchev–Trinajstić information content (AvgIpc) is 3.13. The minimum absolute atomic E-state index is 0.0315. The lowest BCUT2D eigenvalue weighted by atomic mass is 9.96. The van der Waals surface area contributed by atoms with Crippen molar-refractivity contribution < 1.29 is 14.0 Å². The lowest BCUT2D eigenvalue weighted by molar-refractivity contribution is -0.133. The zero-order valence-electron chi connectivity index (χ0n) is 15.5. The van der Waals surface area contributed by atoms with Crippen LogP contribution in [0.15, 0.2) is 54.7 Å². The monoisotopic (exact) mass is 379 g/mol. The van der Waals surface area contributed by atoms with Gasteiger partial charge in [0.25, 0.3) is 0 Å². The standard InChI is InChI=1S/C22H22FN3O2/c23-17-7-9-18(10-8-17)25-22(28)15-4-3-11-26(14-15)21(27)12-16-13-24-20-6-2-1-5-19(16)20/h1-2,5-10,13,15,24H,3-4,11-12,14H2,(H,25,28). The van der Waals surface area contributed by atoms with Crippen LogP contribution in [0, 0.1) is 11.7 Å². The quantitative estimate of drug-likeness (QED) is 0.726. The highest BCUT2D eigenvalue weighted by Crippen LogP contribution is 2.22. The fraction of sp³-hybridized carbons (Fsp3) is 0.273. The Kier molecular flexibility index (Phi) is 5.10. The third-order valence-electron chi connectivity index (χ3n) is 5.27. The van der Waals surface area contributed by atoms with Crippen molar-refractivity contribution in [2.24, 2.45) is 5.92 Å². The average molecular weight is 379 g/mol. The fourth-order valence-electron chi connectivity index (χ4n) is 3.75. The van der Waals surface area contributed by atoms with Gasteiger partial charge in [-0.15, -0.1) is 0 Å². The van der Waals surface area contributed by atoms with Crippen molar-refractivity contribution in [3.63, 3.8) is 0 Å². The molecule has 28 heavy (non-hydrogen) atoms. The van der Waals surface area contributed by atoms with E-state index in [1.54, 1.807) is 4.90 Å². The summed E-state index contributed by atoms with van der Waals surface area (Å²) in [6.45, 7) is 1.08. The topological polar surface area (TPSA) is 65.2 Å². The number of halogens is 1. The van der Waals surface area contributed by atoms with E-state index in [0.29, 0.717) is 25.2 Å². The summed E-state index contributed by atoms with van der Waals surface area (Å²) in [6.07, 6.45) is 3.73. The van der Waals surface area contributed by atoms with Gasteiger partial charge in [-0.05, 0) is 48.7 Å². The van der Waals surface area contributed by atoms with E-state index in [0.717, 1.165) is 29.3 Å². The SMILES string of the molecule is O=C(Nc1ccc(F)cc1)C1CCCN(C(=O)Cc2c[nH]c3ccccc23)C1. The number of carbonyl (C=O) groups excluding carboxylic acids is 2. The van der Waals surface area contributed by atoms with E-state index >= 15 is 0 Å². The van der Waals surface area contributed by atoms with Crippen LogP contribution < -0.4 is 5.32 Å². The smallest absolute Gasteiger partial charge is 0.229 e. The Morgan fingerprint density at radius 3 is 2.75 bits per heavy atom. The van der Waals surface area contributed by atoms with E-state index in [9.17, 15) is 14.0 Å². The molecule has 0 aliphatic carbocycles. The number of amides is 2. The van der Waals surface area contributed by atoms with Crippen molar-refractivity contribution in [2.75, 3.05) is 18.4 Å². The number of likely N-dealkylation sites (tertiary alicyclic amines) is 1. The second-order valence-corrected chi connectivity index (χ2v) is 7.21. The highest BCUT2D eigenvalue weighted by atomic mass is 19.1. The van der Waals surface area contributed by atoms with Gasteiger partial charge in [0.1, 0.15) is 5.82 Å². The molecule has 1 aliphatic heterocycles. The van der Waals surface area contributed by atoms with Crippen molar-refractivity contribution in [2.45, 2.75) is 19.3 Å². The van der Waals surface area contributed by atoms with Gasteiger partial charge in [0.05, 0.1) is 12.3 Å². The molecule has 0 radical (unpaired) electrons. The summed E-state index contributed by atoms with van der Waals surface area (Å²) in [5, 5.41) is 3.87. The van der Waals surface area contributed by atoms with Gasteiger partial charge < -0.3 is 15.2 Å². The molecule has 3 aromatic rings. The normalized spacial score (nSPS) is 16.9. The zero-order chi connectivity index (χ0) is 19.5. The summed E-state index contributed by atoms with van der Waals surface area (Å²) in [6, 6.07) is 13.6. The van der Waals surface area contributed by atoms with Crippen LogP contribution in [0.1, 0.15) is 18.4 Å². The van der Waals surface area contributed by atoms with Crippen LogP contribution in [-0.4, -0.2) is 34.8 Å². The molecule has 5 nitrogen and oxygen atoms in total. The van der Waals surface area contributed by atoms with Crippen molar-refractivity contribution in [3.8, 4) is 0 Å². The number of hydrogen-bond acceptors (Lipinski definition) is 2. The Balaban J connectivity index is 1.39. The number of nitrogens with zero attached hydrogens (tertiary/aromatic N) is 1. The third kappa shape index (κ3) is 3.91. The second kappa shape index (κ2) is 7.84. The summed E-state index contributed by atoms with van der Waals surface area (Å²) in [4.78, 5) is 30.3. The van der Waals surface area contributed by atoms with Crippen molar-refractivity contribution >= 4 is 28.4 Å². The van der Waals surface area contributed by atoms with Crippen molar-refractivity contribution in [1.82, 2.24) is 9.88 Å². The minimum Gasteiger partial charge on any atom is -0.361 e. The summed E-state index contributed by atoms with van der Waals surface area (Å²) in [7, 11) is 0. The Morgan fingerprint density at radius 1 is 1.14 bits per heavy atom. The van der Waals surface area contributed by atoms with E-state index < -0.39 is 0 Å². The van der Waals surface area contributed by atoms with E-state index in [1.807, 2.05) is 30.5 Å². The van der Waals surface area contributed by atoms with Crippen LogP contribution in [-0.2, 0) is 16.0 Å². The van der Waals surface area contributed by atoms with E-state index in [-0.39, 0.29) is 23.5 Å². The molecule has 1 unspecified atom stereocenters. The van der Waals surface area contributed by atoms with Gasteiger partial charge in [0.2, 0.25) is 11.8 Å². The molecule has 2 N–H and O–H groups in total. The maximum absolute atomic E-state index is 13.0. The van der Waals surface area contributed by atoms with Crippen LogP contribution >= 0.6 is 0 Å². The lowest BCUT2D eigenvalue weighted by Gasteiger charge is -2.32. The van der Waals surface area contributed by atoms with Gasteiger partial charge >= 0.3 is 0 Å². The first kappa shape index (κ1) is 18.2. The molecule has 144 valence electrons. The maximum Gasteiger partial charge on any atom is 0.229 e. The molecule has 6 heteroatoms. The number of aromatic nitrogens is 1. The molecule has 1 saturated heterocycles. The van der Waals surface area contributed by atoms with Crippen LogP contribution in [0.4, 0.5) is 10.1 Å². The molecular formula is C22H22FN3O2. The predicted octanol–water partition coefficient (Wildman–Crippen LogP) is 3.73.